The number of nitrogens with one attached hydrogen (secondary N) is 2. The first-order valence-corrected chi connectivity index (χ1v) is 7.84. The Morgan fingerprint density at radius 1 is 0.960 bits per heavy atom. The van der Waals surface area contributed by atoms with Crippen molar-refractivity contribution in [1.82, 2.24) is 15.5 Å². The number of likely N-dealkylation sites (N-methyl/N-ethyl adjacent to an activating group) is 1. The number of hydrogen-bond donors (Lipinski definition) is 2. The van der Waals surface area contributed by atoms with Gasteiger partial charge in [-0.3, -0.25) is 10.6 Å². The lowest BCUT2D eigenvalue weighted by molar-refractivity contribution is 0.173. The third-order valence-electron chi connectivity index (χ3n) is 3.77. The summed E-state index contributed by atoms with van der Waals surface area (Å²) in [5, 5.41) is 4.65. The molecule has 0 saturated carbocycles. The number of alkyl carbamates (subject to hydrolysis) is 2. The number of methoxy groups -OCH3 is 2. The summed E-state index contributed by atoms with van der Waals surface area (Å²) in [7, 11) is 4.55. The Kier molecular flexibility index (Phi) is 6.58. The van der Waals surface area contributed by atoms with E-state index >= 15 is 0 Å². The number of anilines is 1. The standard InChI is InChI=1S/C16H23N5O4/c1-20-8-10-21(11-9-20)13-6-4-12(5-7-13)17-14(18-15(22)24-2)19-16(23)25-3/h4-7H,8-11H2,1-3H3,(H2,17,18,19,22,23). The van der Waals surface area contributed by atoms with Gasteiger partial charge >= 0.3 is 12.2 Å². The highest BCUT2D eigenvalue weighted by atomic mass is 16.5. The molecule has 0 atom stereocenters. The number of hydrogen-bond acceptors (Lipinski definition) is 7. The average Bonchev–Trinajstić information content (AvgIpc) is 2.62. The first-order chi connectivity index (χ1) is 12.0. The number of carbonyl (C=O) groups excluding carboxylic acids is 2. The Morgan fingerprint density at radius 3 is 1.96 bits per heavy atom. The molecule has 0 spiro atoms. The zero-order chi connectivity index (χ0) is 18.2. The Bertz CT molecular complexity index is 604. The van der Waals surface area contributed by atoms with Crippen LogP contribution in [0.5, 0.6) is 0 Å². The van der Waals surface area contributed by atoms with Crippen LogP contribution in [0.4, 0.5) is 21.0 Å². The number of nitrogens with zero attached hydrogens (tertiary/aromatic N) is 3. The van der Waals surface area contributed by atoms with Crippen molar-refractivity contribution in [1.29, 1.82) is 0 Å². The molecule has 2 amide bonds. The fourth-order valence-corrected chi connectivity index (χ4v) is 2.31. The monoisotopic (exact) mass is 349 g/mol. The van der Waals surface area contributed by atoms with E-state index in [2.05, 4.69) is 41.9 Å². The fraction of sp³-hybridized carbons (Fsp3) is 0.438. The van der Waals surface area contributed by atoms with E-state index in [1.54, 1.807) is 0 Å². The van der Waals surface area contributed by atoms with Gasteiger partial charge in [0, 0.05) is 31.9 Å². The molecule has 0 aromatic heterocycles. The number of carbonyl (C=O) groups is 2. The van der Waals surface area contributed by atoms with Gasteiger partial charge in [0.1, 0.15) is 0 Å². The number of amides is 2. The average molecular weight is 349 g/mol. The lowest BCUT2D eigenvalue weighted by Gasteiger charge is -2.34. The van der Waals surface area contributed by atoms with Crippen LogP contribution < -0.4 is 15.5 Å². The summed E-state index contributed by atoms with van der Waals surface area (Å²) < 4.78 is 9.01. The van der Waals surface area contributed by atoms with Crippen molar-refractivity contribution in [2.24, 2.45) is 4.99 Å². The van der Waals surface area contributed by atoms with Crippen LogP contribution in [-0.4, -0.2) is 70.5 Å². The fourth-order valence-electron chi connectivity index (χ4n) is 2.31. The molecule has 1 aliphatic heterocycles. The van der Waals surface area contributed by atoms with Gasteiger partial charge in [0.15, 0.2) is 0 Å². The lowest BCUT2D eigenvalue weighted by atomic mass is 10.2. The van der Waals surface area contributed by atoms with E-state index in [4.69, 9.17) is 0 Å². The summed E-state index contributed by atoms with van der Waals surface area (Å²) in [6.07, 6.45) is -1.49. The molecule has 0 unspecified atom stereocenters. The molecule has 1 aliphatic rings. The summed E-state index contributed by atoms with van der Waals surface area (Å²) in [6, 6.07) is 7.53. The van der Waals surface area contributed by atoms with E-state index in [1.807, 2.05) is 24.3 Å². The topological polar surface area (TPSA) is 95.5 Å². The normalized spacial score (nSPS) is 14.4. The zero-order valence-electron chi connectivity index (χ0n) is 14.6. The highest BCUT2D eigenvalue weighted by molar-refractivity contribution is 6.02. The minimum absolute atomic E-state index is 0.0777. The maximum atomic E-state index is 11.4. The Hall–Kier alpha value is -2.81. The summed E-state index contributed by atoms with van der Waals surface area (Å²) in [5.41, 5.74) is 1.68. The SMILES string of the molecule is COC(=O)NC(=Nc1ccc(N2CCN(C)CC2)cc1)NC(=O)OC. The second-order valence-electron chi connectivity index (χ2n) is 5.50. The molecular weight excluding hydrogens is 326 g/mol. The number of ether oxygens (including phenoxy) is 2. The van der Waals surface area contributed by atoms with Crippen LogP contribution in [0.25, 0.3) is 0 Å². The van der Waals surface area contributed by atoms with E-state index in [1.165, 1.54) is 14.2 Å². The molecule has 9 nitrogen and oxygen atoms in total. The van der Waals surface area contributed by atoms with E-state index in [0.717, 1.165) is 31.9 Å². The van der Waals surface area contributed by atoms with Gasteiger partial charge in [0.2, 0.25) is 5.96 Å². The molecule has 2 rings (SSSR count). The highest BCUT2D eigenvalue weighted by Crippen LogP contribution is 2.20. The van der Waals surface area contributed by atoms with Gasteiger partial charge in [-0.05, 0) is 31.3 Å². The van der Waals surface area contributed by atoms with Gasteiger partial charge in [-0.1, -0.05) is 0 Å². The van der Waals surface area contributed by atoms with Crippen LogP contribution in [0.2, 0.25) is 0 Å². The van der Waals surface area contributed by atoms with Gasteiger partial charge in [-0.25, -0.2) is 14.6 Å². The van der Waals surface area contributed by atoms with Crippen LogP contribution in [0.15, 0.2) is 29.3 Å². The first kappa shape index (κ1) is 18.5. The number of guanidine groups is 1. The smallest absolute Gasteiger partial charge is 0.413 e. The van der Waals surface area contributed by atoms with E-state index in [9.17, 15) is 9.59 Å². The molecule has 136 valence electrons. The quantitative estimate of drug-likeness (QED) is 0.614. The van der Waals surface area contributed by atoms with E-state index in [-0.39, 0.29) is 5.96 Å². The van der Waals surface area contributed by atoms with Gasteiger partial charge in [-0.2, -0.15) is 0 Å². The predicted molar refractivity (Wildman–Crippen MR) is 94.3 cm³/mol. The third-order valence-corrected chi connectivity index (χ3v) is 3.77. The number of piperazine rings is 1. The summed E-state index contributed by atoms with van der Waals surface area (Å²) in [5.74, 6) is -0.0777. The molecule has 2 N–H and O–H groups in total. The van der Waals surface area contributed by atoms with E-state index in [0.29, 0.717) is 5.69 Å². The van der Waals surface area contributed by atoms with Crippen LogP contribution in [0.3, 0.4) is 0 Å². The van der Waals surface area contributed by atoms with Crippen molar-refractivity contribution in [2.75, 3.05) is 52.3 Å². The molecule has 1 aromatic carbocycles. The Labute approximate surface area is 146 Å². The van der Waals surface area contributed by atoms with Gasteiger partial charge in [0.05, 0.1) is 19.9 Å². The summed E-state index contributed by atoms with van der Waals surface area (Å²) >= 11 is 0. The van der Waals surface area contributed by atoms with Crippen molar-refractivity contribution in [3.63, 3.8) is 0 Å². The van der Waals surface area contributed by atoms with Crippen molar-refractivity contribution in [3.8, 4) is 0 Å². The van der Waals surface area contributed by atoms with Gasteiger partial charge < -0.3 is 19.3 Å². The second kappa shape index (κ2) is 8.88. The second-order valence-corrected chi connectivity index (χ2v) is 5.50. The largest absolute Gasteiger partial charge is 0.453 e. The van der Waals surface area contributed by atoms with Crippen molar-refractivity contribution >= 4 is 29.5 Å². The maximum absolute atomic E-state index is 11.4. The molecule has 25 heavy (non-hydrogen) atoms. The van der Waals surface area contributed by atoms with Crippen LogP contribution >= 0.6 is 0 Å². The lowest BCUT2D eigenvalue weighted by Crippen LogP contribution is -2.44. The predicted octanol–water partition coefficient (Wildman–Crippen LogP) is 1.14. The van der Waals surface area contributed by atoms with Crippen LogP contribution in [0, 0.1) is 0 Å². The van der Waals surface area contributed by atoms with Crippen molar-refractivity contribution in [3.05, 3.63) is 24.3 Å². The van der Waals surface area contributed by atoms with Gasteiger partial charge in [0.25, 0.3) is 0 Å². The Balaban J connectivity index is 2.09. The van der Waals surface area contributed by atoms with Crippen LogP contribution in [0.1, 0.15) is 0 Å². The zero-order valence-corrected chi connectivity index (χ0v) is 14.6. The molecule has 1 saturated heterocycles. The molecule has 0 aliphatic carbocycles. The Morgan fingerprint density at radius 2 is 1.48 bits per heavy atom. The highest BCUT2D eigenvalue weighted by Gasteiger charge is 2.14. The number of aliphatic imine (C=N–C) groups is 1. The molecule has 1 aromatic rings. The number of benzene rings is 1. The molecule has 9 heteroatoms. The maximum Gasteiger partial charge on any atom is 0.413 e. The molecule has 0 bridgehead atoms. The van der Waals surface area contributed by atoms with Crippen LogP contribution in [-0.2, 0) is 9.47 Å². The molecule has 1 heterocycles. The summed E-state index contributed by atoms with van der Waals surface area (Å²) in [6.45, 7) is 3.99. The number of rotatable bonds is 2. The van der Waals surface area contributed by atoms with Crippen molar-refractivity contribution in [2.45, 2.75) is 0 Å². The first-order valence-electron chi connectivity index (χ1n) is 7.84. The molecular formula is C16H23N5O4. The summed E-state index contributed by atoms with van der Waals surface area (Å²) in [4.78, 5) is 31.5. The molecule has 1 fully saturated rings. The minimum atomic E-state index is -0.746. The van der Waals surface area contributed by atoms with Crippen molar-refractivity contribution < 1.29 is 19.1 Å². The minimum Gasteiger partial charge on any atom is -0.453 e. The molecule has 0 radical (unpaired) electrons. The van der Waals surface area contributed by atoms with Gasteiger partial charge in [-0.15, -0.1) is 0 Å². The van der Waals surface area contributed by atoms with E-state index < -0.39 is 12.2 Å². The third kappa shape index (κ3) is 5.64.